The average molecular weight is 258 g/mol. The van der Waals surface area contributed by atoms with Gasteiger partial charge in [0.25, 0.3) is 0 Å². The van der Waals surface area contributed by atoms with Crippen molar-refractivity contribution in [1.82, 2.24) is 4.98 Å². The molecule has 0 fully saturated rings. The third-order valence-corrected chi connectivity index (χ3v) is 2.34. The van der Waals surface area contributed by atoms with E-state index < -0.39 is 12.1 Å². The summed E-state index contributed by atoms with van der Waals surface area (Å²) in [5, 5.41) is 9.25. The second kappa shape index (κ2) is 3.94. The maximum absolute atomic E-state index is 12.4. The standard InChI is InChI=1S/C11H9F3N2O2/c1-5-9(16-10(18-5)11(12,13)14)6-2-3-8(17)7(15)4-6/h2-4,17H,15H2,1H3. The summed E-state index contributed by atoms with van der Waals surface area (Å²) in [6.45, 7) is 1.38. The summed E-state index contributed by atoms with van der Waals surface area (Å²) in [6.07, 6.45) is -4.63. The van der Waals surface area contributed by atoms with Crippen LogP contribution in [0.2, 0.25) is 0 Å². The van der Waals surface area contributed by atoms with Crippen molar-refractivity contribution in [3.05, 3.63) is 29.9 Å². The van der Waals surface area contributed by atoms with Crippen molar-refractivity contribution in [2.45, 2.75) is 13.1 Å². The number of aryl methyl sites for hydroxylation is 1. The minimum Gasteiger partial charge on any atom is -0.506 e. The number of nitrogens with zero attached hydrogens (tertiary/aromatic N) is 1. The predicted octanol–water partition coefficient (Wildman–Crippen LogP) is 2.96. The number of oxazole rings is 1. The molecule has 4 nitrogen and oxygen atoms in total. The van der Waals surface area contributed by atoms with Gasteiger partial charge in [-0.1, -0.05) is 0 Å². The molecule has 0 spiro atoms. The highest BCUT2D eigenvalue weighted by molar-refractivity contribution is 5.69. The van der Waals surface area contributed by atoms with Crippen molar-refractivity contribution in [1.29, 1.82) is 0 Å². The first-order chi connectivity index (χ1) is 8.29. The Bertz CT molecular complexity index is 590. The van der Waals surface area contributed by atoms with E-state index in [0.29, 0.717) is 5.56 Å². The van der Waals surface area contributed by atoms with Gasteiger partial charge in [0, 0.05) is 5.56 Å². The lowest BCUT2D eigenvalue weighted by atomic mass is 10.1. The fourth-order valence-electron chi connectivity index (χ4n) is 1.49. The minimum atomic E-state index is -4.63. The molecule has 0 aliphatic carbocycles. The van der Waals surface area contributed by atoms with Gasteiger partial charge in [0.15, 0.2) is 0 Å². The lowest BCUT2D eigenvalue weighted by Gasteiger charge is -2.01. The topological polar surface area (TPSA) is 72.3 Å². The van der Waals surface area contributed by atoms with Crippen LogP contribution in [0.15, 0.2) is 22.6 Å². The Labute approximate surface area is 99.9 Å². The quantitative estimate of drug-likeness (QED) is 0.609. The second-order valence-corrected chi connectivity index (χ2v) is 3.70. The van der Waals surface area contributed by atoms with E-state index in [4.69, 9.17) is 5.73 Å². The fourth-order valence-corrected chi connectivity index (χ4v) is 1.49. The van der Waals surface area contributed by atoms with Crippen LogP contribution in [0.1, 0.15) is 11.7 Å². The van der Waals surface area contributed by atoms with E-state index in [1.54, 1.807) is 0 Å². The molecule has 7 heteroatoms. The molecule has 0 aliphatic rings. The number of phenols is 1. The zero-order chi connectivity index (χ0) is 13.5. The number of hydrogen-bond acceptors (Lipinski definition) is 4. The highest BCUT2D eigenvalue weighted by Crippen LogP contribution is 2.34. The molecule has 0 aliphatic heterocycles. The summed E-state index contributed by atoms with van der Waals surface area (Å²) in [6, 6.07) is 4.03. The molecule has 3 N–H and O–H groups in total. The first-order valence-electron chi connectivity index (χ1n) is 4.92. The second-order valence-electron chi connectivity index (χ2n) is 3.70. The van der Waals surface area contributed by atoms with Crippen molar-refractivity contribution >= 4 is 5.69 Å². The van der Waals surface area contributed by atoms with Gasteiger partial charge >= 0.3 is 12.1 Å². The van der Waals surface area contributed by atoms with Gasteiger partial charge in [-0.05, 0) is 25.1 Å². The number of hydrogen-bond donors (Lipinski definition) is 2. The molecular formula is C11H9F3N2O2. The predicted molar refractivity (Wildman–Crippen MR) is 57.8 cm³/mol. The van der Waals surface area contributed by atoms with Gasteiger partial charge in [0.1, 0.15) is 17.2 Å². The van der Waals surface area contributed by atoms with Crippen LogP contribution in [0.3, 0.4) is 0 Å². The number of nitrogen functional groups attached to an aromatic ring is 1. The van der Waals surface area contributed by atoms with Crippen molar-refractivity contribution < 1.29 is 22.7 Å². The van der Waals surface area contributed by atoms with Crippen LogP contribution in [0.4, 0.5) is 18.9 Å². The average Bonchev–Trinajstić information content (AvgIpc) is 2.64. The van der Waals surface area contributed by atoms with Crippen LogP contribution in [0, 0.1) is 6.92 Å². The van der Waals surface area contributed by atoms with E-state index in [0.717, 1.165) is 0 Å². The third-order valence-electron chi connectivity index (χ3n) is 2.34. The summed E-state index contributed by atoms with van der Waals surface area (Å²) < 4.78 is 41.8. The maximum Gasteiger partial charge on any atom is 0.468 e. The van der Waals surface area contributed by atoms with Crippen molar-refractivity contribution in [3.63, 3.8) is 0 Å². The van der Waals surface area contributed by atoms with Gasteiger partial charge in [-0.3, -0.25) is 0 Å². The molecule has 0 saturated heterocycles. The van der Waals surface area contributed by atoms with E-state index >= 15 is 0 Å². The van der Waals surface area contributed by atoms with Crippen LogP contribution in [0.5, 0.6) is 5.75 Å². The van der Waals surface area contributed by atoms with E-state index in [2.05, 4.69) is 9.40 Å². The lowest BCUT2D eigenvalue weighted by Crippen LogP contribution is -2.04. The van der Waals surface area contributed by atoms with E-state index in [-0.39, 0.29) is 22.9 Å². The summed E-state index contributed by atoms with van der Waals surface area (Å²) in [7, 11) is 0. The molecule has 1 heterocycles. The molecule has 0 radical (unpaired) electrons. The van der Waals surface area contributed by atoms with Crippen LogP contribution >= 0.6 is 0 Å². The summed E-state index contributed by atoms with van der Waals surface area (Å²) in [4.78, 5) is 3.39. The first-order valence-corrected chi connectivity index (χ1v) is 4.92. The SMILES string of the molecule is Cc1oc(C(F)(F)F)nc1-c1ccc(O)c(N)c1. The fraction of sp³-hybridized carbons (Fsp3) is 0.182. The Balaban J connectivity index is 2.51. The highest BCUT2D eigenvalue weighted by atomic mass is 19.4. The summed E-state index contributed by atoms with van der Waals surface area (Å²) in [5.74, 6) is -1.41. The Kier molecular flexibility index (Phi) is 2.68. The molecule has 0 atom stereocenters. The van der Waals surface area contributed by atoms with Gasteiger partial charge in [-0.15, -0.1) is 0 Å². The van der Waals surface area contributed by atoms with Crippen LogP contribution < -0.4 is 5.73 Å². The molecule has 96 valence electrons. The molecule has 0 amide bonds. The summed E-state index contributed by atoms with van der Waals surface area (Å²) >= 11 is 0. The molecule has 2 aromatic rings. The van der Waals surface area contributed by atoms with Crippen molar-refractivity contribution in [2.24, 2.45) is 0 Å². The van der Waals surface area contributed by atoms with E-state index in [1.807, 2.05) is 0 Å². The maximum atomic E-state index is 12.4. The van der Waals surface area contributed by atoms with Gasteiger partial charge in [-0.2, -0.15) is 13.2 Å². The smallest absolute Gasteiger partial charge is 0.468 e. The largest absolute Gasteiger partial charge is 0.506 e. The number of rotatable bonds is 1. The van der Waals surface area contributed by atoms with Gasteiger partial charge in [0.05, 0.1) is 5.69 Å². The number of anilines is 1. The number of halogens is 3. The Morgan fingerprint density at radius 3 is 2.50 bits per heavy atom. The molecular weight excluding hydrogens is 249 g/mol. The van der Waals surface area contributed by atoms with Crippen molar-refractivity contribution in [3.8, 4) is 17.0 Å². The van der Waals surface area contributed by atoms with Gasteiger partial charge < -0.3 is 15.3 Å². The van der Waals surface area contributed by atoms with Gasteiger partial charge in [0.2, 0.25) is 0 Å². The number of benzene rings is 1. The molecule has 1 aromatic heterocycles. The number of alkyl halides is 3. The summed E-state index contributed by atoms with van der Waals surface area (Å²) in [5.41, 5.74) is 5.93. The number of phenolic OH excluding ortho intramolecular Hbond substituents is 1. The zero-order valence-electron chi connectivity index (χ0n) is 9.25. The van der Waals surface area contributed by atoms with Crippen LogP contribution in [-0.2, 0) is 6.18 Å². The number of aromatic nitrogens is 1. The number of nitrogens with two attached hydrogens (primary N) is 1. The molecule has 18 heavy (non-hydrogen) atoms. The number of aromatic hydroxyl groups is 1. The Morgan fingerprint density at radius 2 is 2.00 bits per heavy atom. The molecule has 0 unspecified atom stereocenters. The first kappa shape index (κ1) is 12.3. The molecule has 2 rings (SSSR count). The normalized spacial score (nSPS) is 11.8. The zero-order valence-corrected chi connectivity index (χ0v) is 9.25. The monoisotopic (exact) mass is 258 g/mol. The van der Waals surface area contributed by atoms with E-state index in [1.165, 1.54) is 25.1 Å². The van der Waals surface area contributed by atoms with Crippen LogP contribution in [0.25, 0.3) is 11.3 Å². The van der Waals surface area contributed by atoms with Gasteiger partial charge in [-0.25, -0.2) is 4.98 Å². The molecule has 0 saturated carbocycles. The lowest BCUT2D eigenvalue weighted by molar-refractivity contribution is -0.157. The Hall–Kier alpha value is -2.18. The van der Waals surface area contributed by atoms with E-state index in [9.17, 15) is 18.3 Å². The minimum absolute atomic E-state index is 0.0346. The highest BCUT2D eigenvalue weighted by Gasteiger charge is 2.38. The molecule has 1 aromatic carbocycles. The molecule has 0 bridgehead atoms. The van der Waals surface area contributed by atoms with Crippen molar-refractivity contribution in [2.75, 3.05) is 5.73 Å². The third kappa shape index (κ3) is 2.11. The Morgan fingerprint density at radius 1 is 1.33 bits per heavy atom. The van der Waals surface area contributed by atoms with Crippen LogP contribution in [-0.4, -0.2) is 10.1 Å².